The summed E-state index contributed by atoms with van der Waals surface area (Å²) < 4.78 is 0. The summed E-state index contributed by atoms with van der Waals surface area (Å²) in [7, 11) is 0. The molecular weight excluding hydrogens is 260 g/mol. The lowest BCUT2D eigenvalue weighted by molar-refractivity contribution is 0.221. The van der Waals surface area contributed by atoms with E-state index in [2.05, 4.69) is 9.97 Å². The third-order valence-corrected chi connectivity index (χ3v) is 3.28. The standard InChI is InChI=1S/C15H11ClN2O/c16-14-6-5-11(8-18-14)15(19)13-9-17-7-10-3-1-2-4-12(10)13/h1-9,15,19H. The molecule has 0 aliphatic heterocycles. The molecule has 0 radical (unpaired) electrons. The van der Waals surface area contributed by atoms with Gasteiger partial charge in [-0.2, -0.15) is 0 Å². The Morgan fingerprint density at radius 2 is 1.84 bits per heavy atom. The van der Waals surface area contributed by atoms with Crippen LogP contribution in [0.1, 0.15) is 17.2 Å². The van der Waals surface area contributed by atoms with Crippen LogP contribution < -0.4 is 0 Å². The van der Waals surface area contributed by atoms with Gasteiger partial charge in [0.2, 0.25) is 0 Å². The van der Waals surface area contributed by atoms with Gasteiger partial charge in [0.25, 0.3) is 0 Å². The molecule has 0 spiro atoms. The molecule has 1 N–H and O–H groups in total. The number of pyridine rings is 2. The van der Waals surface area contributed by atoms with E-state index < -0.39 is 6.10 Å². The molecule has 1 atom stereocenters. The highest BCUT2D eigenvalue weighted by atomic mass is 35.5. The first-order chi connectivity index (χ1) is 9.25. The van der Waals surface area contributed by atoms with Gasteiger partial charge in [-0.25, -0.2) is 4.98 Å². The molecule has 0 bridgehead atoms. The largest absolute Gasteiger partial charge is 0.384 e. The summed E-state index contributed by atoms with van der Waals surface area (Å²) >= 11 is 5.75. The van der Waals surface area contributed by atoms with E-state index in [1.165, 1.54) is 0 Å². The minimum atomic E-state index is -0.761. The molecule has 0 saturated carbocycles. The molecule has 2 heterocycles. The number of aromatic nitrogens is 2. The van der Waals surface area contributed by atoms with Gasteiger partial charge in [-0.1, -0.05) is 41.9 Å². The summed E-state index contributed by atoms with van der Waals surface area (Å²) in [6, 6.07) is 11.3. The van der Waals surface area contributed by atoms with Crippen molar-refractivity contribution >= 4 is 22.4 Å². The Morgan fingerprint density at radius 3 is 2.63 bits per heavy atom. The Balaban J connectivity index is 2.11. The number of fused-ring (bicyclic) bond motifs is 1. The van der Waals surface area contributed by atoms with E-state index in [1.54, 1.807) is 30.7 Å². The number of hydrogen-bond donors (Lipinski definition) is 1. The van der Waals surface area contributed by atoms with Crippen molar-refractivity contribution in [2.45, 2.75) is 6.10 Å². The van der Waals surface area contributed by atoms with Crippen LogP contribution in [-0.4, -0.2) is 15.1 Å². The molecule has 2 aromatic heterocycles. The zero-order chi connectivity index (χ0) is 13.2. The summed E-state index contributed by atoms with van der Waals surface area (Å²) in [6.07, 6.45) is 4.28. The molecule has 3 aromatic rings. The van der Waals surface area contributed by atoms with Gasteiger partial charge in [0.05, 0.1) is 0 Å². The van der Waals surface area contributed by atoms with Gasteiger partial charge < -0.3 is 5.11 Å². The Morgan fingerprint density at radius 1 is 1.00 bits per heavy atom. The fourth-order valence-electron chi connectivity index (χ4n) is 2.09. The molecular formula is C15H11ClN2O. The average molecular weight is 271 g/mol. The van der Waals surface area contributed by atoms with Crippen LogP contribution in [0.3, 0.4) is 0 Å². The molecule has 4 heteroatoms. The quantitative estimate of drug-likeness (QED) is 0.726. The van der Waals surface area contributed by atoms with E-state index in [1.807, 2.05) is 24.3 Å². The van der Waals surface area contributed by atoms with Gasteiger partial charge in [0.15, 0.2) is 0 Å². The predicted octanol–water partition coefficient (Wildman–Crippen LogP) is 3.36. The second-order valence-electron chi connectivity index (χ2n) is 4.27. The molecule has 0 amide bonds. The average Bonchev–Trinajstić information content (AvgIpc) is 2.47. The molecule has 3 rings (SSSR count). The van der Waals surface area contributed by atoms with E-state index in [9.17, 15) is 5.11 Å². The van der Waals surface area contributed by atoms with Crippen molar-refractivity contribution in [1.29, 1.82) is 0 Å². The second-order valence-corrected chi connectivity index (χ2v) is 4.65. The first-order valence-corrected chi connectivity index (χ1v) is 6.25. The highest BCUT2D eigenvalue weighted by Crippen LogP contribution is 2.27. The maximum atomic E-state index is 10.5. The lowest BCUT2D eigenvalue weighted by Crippen LogP contribution is -2.01. The van der Waals surface area contributed by atoms with Crippen LogP contribution in [0.15, 0.2) is 55.0 Å². The van der Waals surface area contributed by atoms with E-state index >= 15 is 0 Å². The number of rotatable bonds is 2. The van der Waals surface area contributed by atoms with Crippen LogP contribution in [0.5, 0.6) is 0 Å². The maximum absolute atomic E-state index is 10.5. The number of hydrogen-bond acceptors (Lipinski definition) is 3. The lowest BCUT2D eigenvalue weighted by Gasteiger charge is -2.13. The normalized spacial score (nSPS) is 12.5. The van der Waals surface area contributed by atoms with Crippen molar-refractivity contribution in [1.82, 2.24) is 9.97 Å². The fraction of sp³-hybridized carbons (Fsp3) is 0.0667. The molecule has 0 aliphatic rings. The second kappa shape index (κ2) is 4.96. The van der Waals surface area contributed by atoms with Gasteiger partial charge in [-0.15, -0.1) is 0 Å². The summed E-state index contributed by atoms with van der Waals surface area (Å²) in [4.78, 5) is 8.16. The highest BCUT2D eigenvalue weighted by Gasteiger charge is 2.14. The van der Waals surface area contributed by atoms with E-state index in [-0.39, 0.29) is 0 Å². The van der Waals surface area contributed by atoms with Crippen LogP contribution in [-0.2, 0) is 0 Å². The summed E-state index contributed by atoms with van der Waals surface area (Å²) in [5.41, 5.74) is 1.46. The molecule has 0 aliphatic carbocycles. The van der Waals surface area contributed by atoms with Gasteiger partial charge in [-0.05, 0) is 11.5 Å². The summed E-state index contributed by atoms with van der Waals surface area (Å²) in [5.74, 6) is 0. The van der Waals surface area contributed by atoms with Gasteiger partial charge >= 0.3 is 0 Å². The smallest absolute Gasteiger partial charge is 0.129 e. The zero-order valence-corrected chi connectivity index (χ0v) is 10.7. The Labute approximate surface area is 115 Å². The van der Waals surface area contributed by atoms with E-state index in [0.717, 1.165) is 16.3 Å². The monoisotopic (exact) mass is 270 g/mol. The molecule has 3 nitrogen and oxygen atoms in total. The first-order valence-electron chi connectivity index (χ1n) is 5.88. The predicted molar refractivity (Wildman–Crippen MR) is 75.1 cm³/mol. The molecule has 1 aromatic carbocycles. The Hall–Kier alpha value is -1.97. The lowest BCUT2D eigenvalue weighted by atomic mass is 9.99. The SMILES string of the molecule is OC(c1ccc(Cl)nc1)c1cncc2ccccc12. The number of nitrogens with zero attached hydrogens (tertiary/aromatic N) is 2. The highest BCUT2D eigenvalue weighted by molar-refractivity contribution is 6.29. The van der Waals surface area contributed by atoms with Crippen molar-refractivity contribution in [2.75, 3.05) is 0 Å². The Bertz CT molecular complexity index is 707. The van der Waals surface area contributed by atoms with Crippen molar-refractivity contribution in [3.05, 3.63) is 71.3 Å². The summed E-state index contributed by atoms with van der Waals surface area (Å²) in [6.45, 7) is 0. The van der Waals surface area contributed by atoms with E-state index in [0.29, 0.717) is 10.7 Å². The fourth-order valence-corrected chi connectivity index (χ4v) is 2.20. The number of aliphatic hydroxyl groups excluding tert-OH is 1. The minimum Gasteiger partial charge on any atom is -0.384 e. The zero-order valence-electron chi connectivity index (χ0n) is 9.99. The van der Waals surface area contributed by atoms with Crippen LogP contribution in [0.25, 0.3) is 10.8 Å². The summed E-state index contributed by atoms with van der Waals surface area (Å²) in [5, 5.41) is 12.9. The first kappa shape index (κ1) is 12.1. The molecule has 19 heavy (non-hydrogen) atoms. The topological polar surface area (TPSA) is 46.0 Å². The van der Waals surface area contributed by atoms with Crippen LogP contribution in [0, 0.1) is 0 Å². The molecule has 0 fully saturated rings. The van der Waals surface area contributed by atoms with Crippen LogP contribution in [0.2, 0.25) is 5.15 Å². The van der Waals surface area contributed by atoms with Crippen molar-refractivity contribution in [2.24, 2.45) is 0 Å². The minimum absolute atomic E-state index is 0.409. The van der Waals surface area contributed by atoms with Crippen molar-refractivity contribution in [3.8, 4) is 0 Å². The third-order valence-electron chi connectivity index (χ3n) is 3.06. The molecule has 1 unspecified atom stereocenters. The third kappa shape index (κ3) is 2.30. The van der Waals surface area contributed by atoms with Crippen molar-refractivity contribution < 1.29 is 5.11 Å². The van der Waals surface area contributed by atoms with Gasteiger partial charge in [0.1, 0.15) is 11.3 Å². The number of halogens is 1. The van der Waals surface area contributed by atoms with Crippen LogP contribution >= 0.6 is 11.6 Å². The maximum Gasteiger partial charge on any atom is 0.129 e. The Kier molecular flexibility index (Phi) is 3.15. The van der Waals surface area contributed by atoms with E-state index in [4.69, 9.17) is 11.6 Å². The number of aliphatic hydroxyl groups is 1. The molecule has 94 valence electrons. The number of benzene rings is 1. The van der Waals surface area contributed by atoms with Crippen LogP contribution in [0.4, 0.5) is 0 Å². The van der Waals surface area contributed by atoms with Gasteiger partial charge in [-0.3, -0.25) is 4.98 Å². The molecule has 0 saturated heterocycles. The van der Waals surface area contributed by atoms with Gasteiger partial charge in [0, 0.05) is 35.1 Å². The van der Waals surface area contributed by atoms with Crippen molar-refractivity contribution in [3.63, 3.8) is 0 Å².